The molecule has 0 aliphatic carbocycles. The largest absolute Gasteiger partial charge is 0.392 e. The Kier molecular flexibility index (Phi) is 4.79. The maximum Gasteiger partial charge on any atom is 0.0707 e. The van der Waals surface area contributed by atoms with E-state index in [2.05, 4.69) is 13.8 Å². The second-order valence-electron chi connectivity index (χ2n) is 3.21. The van der Waals surface area contributed by atoms with E-state index in [0.717, 1.165) is 16.9 Å². The quantitative estimate of drug-likeness (QED) is 0.796. The predicted octanol–water partition coefficient (Wildman–Crippen LogP) is 3.72. The lowest BCUT2D eigenvalue weighted by atomic mass is 10.2. The van der Waals surface area contributed by atoms with Crippen LogP contribution in [-0.4, -0.2) is 10.4 Å². The summed E-state index contributed by atoms with van der Waals surface area (Å²) in [5.41, 5.74) is 0.847. The van der Waals surface area contributed by atoms with Gasteiger partial charge in [-0.15, -0.1) is 11.8 Å². The van der Waals surface area contributed by atoms with E-state index >= 15 is 0 Å². The molecule has 1 N–H and O–H groups in total. The number of thioether (sulfide) groups is 1. The number of hydrogen-bond donors (Lipinski definition) is 1. The van der Waals surface area contributed by atoms with Gasteiger partial charge in [0.2, 0.25) is 0 Å². The average molecular weight is 231 g/mol. The number of aliphatic hydroxyl groups is 1. The first-order valence-electron chi connectivity index (χ1n) is 4.74. The number of hydrogen-bond acceptors (Lipinski definition) is 2. The van der Waals surface area contributed by atoms with E-state index in [-0.39, 0.29) is 6.61 Å². The first kappa shape index (κ1) is 11.9. The van der Waals surface area contributed by atoms with Gasteiger partial charge in [0.25, 0.3) is 0 Å². The van der Waals surface area contributed by atoms with E-state index in [1.807, 2.05) is 18.2 Å². The van der Waals surface area contributed by atoms with Crippen LogP contribution in [0.5, 0.6) is 0 Å². The van der Waals surface area contributed by atoms with Crippen molar-refractivity contribution in [1.29, 1.82) is 0 Å². The van der Waals surface area contributed by atoms with Crippen molar-refractivity contribution in [3.63, 3.8) is 0 Å². The summed E-state index contributed by atoms with van der Waals surface area (Å²) in [5.74, 6) is 0. The van der Waals surface area contributed by atoms with Crippen LogP contribution in [0.3, 0.4) is 0 Å². The Morgan fingerprint density at radius 3 is 2.79 bits per heavy atom. The molecule has 0 aliphatic heterocycles. The first-order chi connectivity index (χ1) is 6.69. The number of aliphatic hydroxyl groups excluding tert-OH is 1. The maximum absolute atomic E-state index is 9.19. The van der Waals surface area contributed by atoms with E-state index in [0.29, 0.717) is 10.3 Å². The fourth-order valence-electron chi connectivity index (χ4n) is 1.10. The minimum absolute atomic E-state index is 0.0123. The van der Waals surface area contributed by atoms with Crippen molar-refractivity contribution < 1.29 is 5.11 Å². The molecule has 1 atom stereocenters. The molecule has 1 rings (SSSR count). The van der Waals surface area contributed by atoms with Crippen LogP contribution in [0.4, 0.5) is 0 Å². The normalized spacial score (nSPS) is 12.9. The second kappa shape index (κ2) is 5.64. The summed E-state index contributed by atoms with van der Waals surface area (Å²) in [6, 6.07) is 5.74. The van der Waals surface area contributed by atoms with Gasteiger partial charge in [0, 0.05) is 20.7 Å². The summed E-state index contributed by atoms with van der Waals surface area (Å²) < 4.78 is 0. The SMILES string of the molecule is CCC(C)Sc1cccc(Cl)c1CO. The number of rotatable bonds is 4. The van der Waals surface area contributed by atoms with Crippen LogP contribution in [0.15, 0.2) is 23.1 Å². The lowest BCUT2D eigenvalue weighted by molar-refractivity contribution is 0.279. The monoisotopic (exact) mass is 230 g/mol. The molecule has 0 aliphatic rings. The Morgan fingerprint density at radius 1 is 1.50 bits per heavy atom. The van der Waals surface area contributed by atoms with E-state index in [4.69, 9.17) is 11.6 Å². The molecular formula is C11H15ClOS. The molecule has 1 aromatic carbocycles. The molecule has 0 bridgehead atoms. The zero-order valence-corrected chi connectivity index (χ0v) is 10.0. The van der Waals surface area contributed by atoms with E-state index in [1.165, 1.54) is 0 Å². The molecule has 0 fully saturated rings. The highest BCUT2D eigenvalue weighted by Gasteiger charge is 2.09. The third-order valence-corrected chi connectivity index (χ3v) is 3.86. The van der Waals surface area contributed by atoms with Crippen LogP contribution in [0.1, 0.15) is 25.8 Å². The van der Waals surface area contributed by atoms with Crippen LogP contribution < -0.4 is 0 Å². The molecule has 0 aromatic heterocycles. The smallest absolute Gasteiger partial charge is 0.0707 e. The molecule has 0 radical (unpaired) electrons. The number of benzene rings is 1. The van der Waals surface area contributed by atoms with Crippen molar-refractivity contribution in [2.45, 2.75) is 37.0 Å². The molecule has 0 saturated carbocycles. The van der Waals surface area contributed by atoms with Crippen molar-refractivity contribution in [3.05, 3.63) is 28.8 Å². The third-order valence-electron chi connectivity index (χ3n) is 2.14. The molecule has 1 unspecified atom stereocenters. The van der Waals surface area contributed by atoms with Gasteiger partial charge in [0.1, 0.15) is 0 Å². The third kappa shape index (κ3) is 2.91. The van der Waals surface area contributed by atoms with Gasteiger partial charge in [0.05, 0.1) is 6.61 Å². The van der Waals surface area contributed by atoms with Crippen molar-refractivity contribution in [3.8, 4) is 0 Å². The molecule has 1 aromatic rings. The van der Waals surface area contributed by atoms with Gasteiger partial charge in [-0.1, -0.05) is 31.5 Å². The first-order valence-corrected chi connectivity index (χ1v) is 5.99. The lowest BCUT2D eigenvalue weighted by Crippen LogP contribution is -1.96. The number of halogens is 1. The summed E-state index contributed by atoms with van der Waals surface area (Å²) in [6.45, 7) is 4.34. The van der Waals surface area contributed by atoms with Gasteiger partial charge in [-0.25, -0.2) is 0 Å². The van der Waals surface area contributed by atoms with Gasteiger partial charge in [-0.2, -0.15) is 0 Å². The molecular weight excluding hydrogens is 216 g/mol. The van der Waals surface area contributed by atoms with Crippen molar-refractivity contribution >= 4 is 23.4 Å². The van der Waals surface area contributed by atoms with Crippen LogP contribution in [0.2, 0.25) is 5.02 Å². The van der Waals surface area contributed by atoms with Gasteiger partial charge in [-0.05, 0) is 18.6 Å². The highest BCUT2D eigenvalue weighted by molar-refractivity contribution is 8.00. The molecule has 14 heavy (non-hydrogen) atoms. The zero-order valence-electron chi connectivity index (χ0n) is 8.46. The van der Waals surface area contributed by atoms with Crippen LogP contribution in [0.25, 0.3) is 0 Å². The van der Waals surface area contributed by atoms with Crippen molar-refractivity contribution in [2.75, 3.05) is 0 Å². The Balaban J connectivity index is 2.90. The van der Waals surface area contributed by atoms with Crippen molar-refractivity contribution in [2.24, 2.45) is 0 Å². The molecule has 0 amide bonds. The Hall–Kier alpha value is -0.180. The van der Waals surface area contributed by atoms with Crippen LogP contribution >= 0.6 is 23.4 Å². The van der Waals surface area contributed by atoms with Crippen LogP contribution in [0, 0.1) is 0 Å². The van der Waals surface area contributed by atoms with Gasteiger partial charge >= 0.3 is 0 Å². The average Bonchev–Trinajstić information content (AvgIpc) is 2.18. The Bertz CT molecular complexity index is 301. The highest BCUT2D eigenvalue weighted by Crippen LogP contribution is 2.32. The summed E-state index contributed by atoms with van der Waals surface area (Å²) in [7, 11) is 0. The van der Waals surface area contributed by atoms with Crippen molar-refractivity contribution in [1.82, 2.24) is 0 Å². The zero-order chi connectivity index (χ0) is 10.6. The lowest BCUT2D eigenvalue weighted by Gasteiger charge is -2.12. The Labute approximate surface area is 94.5 Å². The molecule has 0 spiro atoms. The second-order valence-corrected chi connectivity index (χ2v) is 5.10. The standard InChI is InChI=1S/C11H15ClOS/c1-3-8(2)14-11-6-4-5-10(12)9(11)7-13/h4-6,8,13H,3,7H2,1-2H3. The molecule has 3 heteroatoms. The van der Waals surface area contributed by atoms with Crippen LogP contribution in [-0.2, 0) is 6.61 Å². The predicted molar refractivity (Wildman–Crippen MR) is 63.0 cm³/mol. The fraction of sp³-hybridized carbons (Fsp3) is 0.455. The van der Waals surface area contributed by atoms with Gasteiger partial charge in [0.15, 0.2) is 0 Å². The molecule has 1 nitrogen and oxygen atoms in total. The minimum atomic E-state index is 0.0123. The molecule has 0 heterocycles. The molecule has 0 saturated heterocycles. The fourth-order valence-corrected chi connectivity index (χ4v) is 2.47. The highest BCUT2D eigenvalue weighted by atomic mass is 35.5. The maximum atomic E-state index is 9.19. The topological polar surface area (TPSA) is 20.2 Å². The summed E-state index contributed by atoms with van der Waals surface area (Å²) in [6.07, 6.45) is 1.11. The van der Waals surface area contributed by atoms with Gasteiger partial charge in [-0.3, -0.25) is 0 Å². The van der Waals surface area contributed by atoms with E-state index in [1.54, 1.807) is 11.8 Å². The Morgan fingerprint density at radius 2 is 2.21 bits per heavy atom. The minimum Gasteiger partial charge on any atom is -0.392 e. The molecule has 78 valence electrons. The van der Waals surface area contributed by atoms with E-state index in [9.17, 15) is 5.11 Å². The summed E-state index contributed by atoms with van der Waals surface area (Å²) in [5, 5.41) is 10.4. The van der Waals surface area contributed by atoms with Gasteiger partial charge < -0.3 is 5.11 Å². The van der Waals surface area contributed by atoms with E-state index < -0.39 is 0 Å². The summed E-state index contributed by atoms with van der Waals surface area (Å²) >= 11 is 7.75. The summed E-state index contributed by atoms with van der Waals surface area (Å²) in [4.78, 5) is 1.09.